The molecule has 2 aliphatic heterocycles. The van der Waals surface area contributed by atoms with Crippen LogP contribution in [0.15, 0.2) is 12.1 Å². The maximum Gasteiger partial charge on any atom is 0.388 e. The first-order valence-electron chi connectivity index (χ1n) is 9.98. The van der Waals surface area contributed by atoms with Crippen molar-refractivity contribution >= 4 is 14.0 Å². The Hall–Kier alpha value is -1.58. The van der Waals surface area contributed by atoms with E-state index in [1.54, 1.807) is 17.9 Å². The molecule has 6 nitrogen and oxygen atoms in total. The second kappa shape index (κ2) is 7.92. The van der Waals surface area contributed by atoms with Crippen molar-refractivity contribution in [3.8, 4) is 5.88 Å². The first kappa shape index (κ1) is 22.1. The molecule has 1 amide bonds. The number of aromatic nitrogens is 1. The van der Waals surface area contributed by atoms with Crippen LogP contribution in [0, 0.1) is 0 Å². The second-order valence-electron chi connectivity index (χ2n) is 9.22. The fourth-order valence-electron chi connectivity index (χ4n) is 3.78. The van der Waals surface area contributed by atoms with Gasteiger partial charge >= 0.3 is 6.61 Å². The normalized spacial score (nSPS) is 23.3. The van der Waals surface area contributed by atoms with Crippen molar-refractivity contribution in [3.05, 3.63) is 23.4 Å². The van der Waals surface area contributed by atoms with Gasteiger partial charge in [-0.2, -0.15) is 8.78 Å². The van der Waals surface area contributed by atoms with Crippen molar-refractivity contribution in [1.82, 2.24) is 9.88 Å². The molecule has 1 spiro atoms. The van der Waals surface area contributed by atoms with Crippen LogP contribution in [-0.4, -0.2) is 57.0 Å². The largest absolute Gasteiger partial charge is 0.417 e. The van der Waals surface area contributed by atoms with E-state index in [-0.39, 0.29) is 18.5 Å². The van der Waals surface area contributed by atoms with Gasteiger partial charge in [0.15, 0.2) is 0 Å². The number of amides is 1. The summed E-state index contributed by atoms with van der Waals surface area (Å²) in [6, 6.07) is 4.18. The molecule has 3 heterocycles. The number of pyridine rings is 1. The van der Waals surface area contributed by atoms with Crippen LogP contribution in [0.3, 0.4) is 0 Å². The van der Waals surface area contributed by atoms with Gasteiger partial charge in [0, 0.05) is 26.3 Å². The van der Waals surface area contributed by atoms with Crippen LogP contribution < -0.4 is 4.74 Å². The number of hydrogen-bond acceptors (Lipinski definition) is 5. The molecular formula is C20H30F2N2O4Si. The minimum absolute atomic E-state index is 0.120. The van der Waals surface area contributed by atoms with Gasteiger partial charge in [0.05, 0.1) is 24.3 Å². The Labute approximate surface area is 171 Å². The lowest BCUT2D eigenvalue weighted by Gasteiger charge is -2.56. The summed E-state index contributed by atoms with van der Waals surface area (Å²) in [5.41, 5.74) is -0.302. The average Bonchev–Trinajstić information content (AvgIpc) is 2.60. The molecule has 1 atom stereocenters. The van der Waals surface area contributed by atoms with Crippen LogP contribution >= 0.6 is 0 Å². The average molecular weight is 429 g/mol. The monoisotopic (exact) mass is 428 g/mol. The third-order valence-corrected chi connectivity index (χ3v) is 7.65. The summed E-state index contributed by atoms with van der Waals surface area (Å²) in [5.74, 6) is -0.299. The van der Waals surface area contributed by atoms with Gasteiger partial charge in [0.2, 0.25) is 11.8 Å². The number of hydrogen-bond donors (Lipinski definition) is 0. The van der Waals surface area contributed by atoms with Gasteiger partial charge in [-0.25, -0.2) is 4.98 Å². The Morgan fingerprint density at radius 2 is 2.00 bits per heavy atom. The molecule has 0 bridgehead atoms. The van der Waals surface area contributed by atoms with E-state index < -0.39 is 25.6 Å². The van der Waals surface area contributed by atoms with Crippen molar-refractivity contribution in [2.75, 3.05) is 26.6 Å². The van der Waals surface area contributed by atoms with Crippen molar-refractivity contribution in [2.24, 2.45) is 0 Å². The van der Waals surface area contributed by atoms with Gasteiger partial charge < -0.3 is 19.1 Å². The van der Waals surface area contributed by atoms with Crippen LogP contribution in [0.2, 0.25) is 25.7 Å². The molecule has 1 aromatic heterocycles. The highest BCUT2D eigenvalue weighted by Crippen LogP contribution is 2.48. The standard InChI is InChI=1S/C20H30F2N2O4Si/c1-6-19(2)16-14(7-8-15(23-16)28-18(21)22)20(11-27-12-20)24(17(19)25)13-26-9-10-29(3,4)5/h7-8,18H,6,9-13H2,1-5H3. The van der Waals surface area contributed by atoms with E-state index in [9.17, 15) is 13.6 Å². The van der Waals surface area contributed by atoms with E-state index in [0.29, 0.717) is 31.9 Å². The Morgan fingerprint density at radius 1 is 1.31 bits per heavy atom. The Kier molecular flexibility index (Phi) is 6.04. The molecule has 3 rings (SSSR count). The molecule has 0 aliphatic carbocycles. The Balaban J connectivity index is 1.94. The molecular weight excluding hydrogens is 398 g/mol. The fourth-order valence-corrected chi connectivity index (χ4v) is 4.53. The zero-order chi connectivity index (χ0) is 21.4. The first-order chi connectivity index (χ1) is 13.5. The van der Waals surface area contributed by atoms with Gasteiger partial charge in [0.1, 0.15) is 12.3 Å². The molecule has 0 saturated carbocycles. The maximum absolute atomic E-state index is 13.5. The van der Waals surface area contributed by atoms with Crippen molar-refractivity contribution < 1.29 is 27.8 Å². The van der Waals surface area contributed by atoms with Crippen LogP contribution in [-0.2, 0) is 25.2 Å². The molecule has 0 aromatic carbocycles. The SMILES string of the molecule is CCC1(C)C(=O)N(COCC[Si](C)(C)C)C2(COC2)c2ccc(OC(F)F)nc21. The summed E-state index contributed by atoms with van der Waals surface area (Å²) in [6.45, 7) is 9.00. The minimum atomic E-state index is -2.97. The van der Waals surface area contributed by atoms with Crippen LogP contribution in [0.5, 0.6) is 5.88 Å². The van der Waals surface area contributed by atoms with Crippen molar-refractivity contribution in [2.45, 2.75) is 63.5 Å². The van der Waals surface area contributed by atoms with Gasteiger partial charge in [0.25, 0.3) is 0 Å². The lowest BCUT2D eigenvalue weighted by atomic mass is 9.69. The molecule has 1 unspecified atom stereocenters. The van der Waals surface area contributed by atoms with E-state index in [0.717, 1.165) is 11.6 Å². The third kappa shape index (κ3) is 4.04. The number of ether oxygens (including phenoxy) is 3. The summed E-state index contributed by atoms with van der Waals surface area (Å²) in [6.07, 6.45) is 0.478. The molecule has 9 heteroatoms. The summed E-state index contributed by atoms with van der Waals surface area (Å²) in [7, 11) is -1.24. The summed E-state index contributed by atoms with van der Waals surface area (Å²) in [5, 5.41) is 0. The van der Waals surface area contributed by atoms with Crippen LogP contribution in [0.25, 0.3) is 0 Å². The van der Waals surface area contributed by atoms with Crippen LogP contribution in [0.4, 0.5) is 8.78 Å². The van der Waals surface area contributed by atoms with E-state index in [1.807, 2.05) is 6.92 Å². The van der Waals surface area contributed by atoms with E-state index in [4.69, 9.17) is 9.47 Å². The molecule has 1 fully saturated rings. The zero-order valence-electron chi connectivity index (χ0n) is 17.8. The zero-order valence-corrected chi connectivity index (χ0v) is 18.8. The molecule has 0 radical (unpaired) electrons. The number of halogens is 2. The minimum Gasteiger partial charge on any atom is -0.417 e. The number of rotatable bonds is 8. The number of nitrogens with zero attached hydrogens (tertiary/aromatic N) is 2. The highest BCUT2D eigenvalue weighted by molar-refractivity contribution is 6.76. The summed E-state index contributed by atoms with van der Waals surface area (Å²) < 4.78 is 41.3. The van der Waals surface area contributed by atoms with Gasteiger partial charge in [-0.05, 0) is 25.5 Å². The van der Waals surface area contributed by atoms with Gasteiger partial charge in [-0.1, -0.05) is 26.6 Å². The topological polar surface area (TPSA) is 60.9 Å². The number of carbonyl (C=O) groups is 1. The van der Waals surface area contributed by atoms with Gasteiger partial charge in [-0.15, -0.1) is 0 Å². The summed E-state index contributed by atoms with van der Waals surface area (Å²) >= 11 is 0. The third-order valence-electron chi connectivity index (χ3n) is 5.94. The quantitative estimate of drug-likeness (QED) is 0.466. The predicted molar refractivity (Wildman–Crippen MR) is 107 cm³/mol. The second-order valence-corrected chi connectivity index (χ2v) is 14.8. The Morgan fingerprint density at radius 3 is 2.52 bits per heavy atom. The van der Waals surface area contributed by atoms with Gasteiger partial charge in [-0.3, -0.25) is 4.79 Å². The molecule has 1 aromatic rings. The van der Waals surface area contributed by atoms with E-state index in [2.05, 4.69) is 29.4 Å². The summed E-state index contributed by atoms with van der Waals surface area (Å²) in [4.78, 5) is 19.6. The Bertz CT molecular complexity index is 767. The first-order valence-corrected chi connectivity index (χ1v) is 13.7. The molecule has 29 heavy (non-hydrogen) atoms. The molecule has 1 saturated heterocycles. The van der Waals surface area contributed by atoms with Crippen molar-refractivity contribution in [1.29, 1.82) is 0 Å². The molecule has 2 aliphatic rings. The predicted octanol–water partition coefficient (Wildman–Crippen LogP) is 3.73. The smallest absolute Gasteiger partial charge is 0.388 e. The van der Waals surface area contributed by atoms with Crippen molar-refractivity contribution in [3.63, 3.8) is 0 Å². The number of alkyl halides is 2. The molecule has 0 N–H and O–H groups in total. The lowest BCUT2D eigenvalue weighted by Crippen LogP contribution is -2.68. The van der Waals surface area contributed by atoms with E-state index in [1.165, 1.54) is 6.07 Å². The van der Waals surface area contributed by atoms with E-state index >= 15 is 0 Å². The number of carbonyl (C=O) groups excluding carboxylic acids is 1. The molecule has 162 valence electrons. The number of fused-ring (bicyclic) bond motifs is 2. The highest BCUT2D eigenvalue weighted by Gasteiger charge is 2.59. The highest BCUT2D eigenvalue weighted by atomic mass is 28.3. The van der Waals surface area contributed by atoms with Crippen LogP contribution in [0.1, 0.15) is 31.5 Å². The fraction of sp³-hybridized carbons (Fsp3) is 0.700. The lowest BCUT2D eigenvalue weighted by molar-refractivity contribution is -0.197. The maximum atomic E-state index is 13.5.